The van der Waals surface area contributed by atoms with Gasteiger partial charge in [-0.15, -0.1) is 5.10 Å². The summed E-state index contributed by atoms with van der Waals surface area (Å²) in [5, 5.41) is 4.35. The van der Waals surface area contributed by atoms with Gasteiger partial charge in [-0.2, -0.15) is 19.5 Å². The Morgan fingerprint density at radius 1 is 1.00 bits per heavy atom. The zero-order valence-electron chi connectivity index (χ0n) is 19.6. The van der Waals surface area contributed by atoms with Crippen LogP contribution in [-0.2, 0) is 0 Å². The van der Waals surface area contributed by atoms with Gasteiger partial charge in [-0.05, 0) is 30.9 Å². The molecule has 0 radical (unpaired) electrons. The highest BCUT2D eigenvalue weighted by Gasteiger charge is 2.28. The van der Waals surface area contributed by atoms with Gasteiger partial charge in [0, 0.05) is 45.8 Å². The molecule has 0 amide bonds. The van der Waals surface area contributed by atoms with Crippen molar-refractivity contribution in [3.8, 4) is 11.6 Å². The molecule has 2 fully saturated rings. The van der Waals surface area contributed by atoms with Crippen molar-refractivity contribution < 1.29 is 13.2 Å². The standard InChI is InChI=1S/C23H26F2N10O/c24-16-11-27-12-17(25)19(16)33-8-6-32(7-9-33)13-15-3-1-5-34(14-15)22-29-21(26)35-23(30-22)28-20(31-35)18-4-2-10-36-18/h2,4,10-12,15H,1,3,5-9,13-14H2,(H2,26,28,29,30,31). The molecule has 4 aromatic rings. The molecule has 6 rings (SSSR count). The fourth-order valence-corrected chi connectivity index (χ4v) is 5.07. The summed E-state index contributed by atoms with van der Waals surface area (Å²) in [5.74, 6) is 1.24. The molecule has 13 heteroatoms. The molecule has 4 aromatic heterocycles. The first-order chi connectivity index (χ1) is 17.5. The highest BCUT2D eigenvalue weighted by molar-refractivity contribution is 5.53. The van der Waals surface area contributed by atoms with Gasteiger partial charge in [-0.3, -0.25) is 9.88 Å². The van der Waals surface area contributed by atoms with Crippen LogP contribution in [0.5, 0.6) is 0 Å². The number of fused-ring (bicyclic) bond motifs is 1. The number of furan rings is 1. The lowest BCUT2D eigenvalue weighted by atomic mass is 9.97. The molecule has 2 saturated heterocycles. The fraction of sp³-hybridized carbons (Fsp3) is 0.435. The number of pyridine rings is 1. The van der Waals surface area contributed by atoms with Gasteiger partial charge in [0.25, 0.3) is 5.78 Å². The number of aromatic nitrogens is 6. The van der Waals surface area contributed by atoms with E-state index in [0.29, 0.717) is 42.3 Å². The molecule has 0 spiro atoms. The zero-order chi connectivity index (χ0) is 24.6. The van der Waals surface area contributed by atoms with E-state index in [-0.39, 0.29) is 11.6 Å². The van der Waals surface area contributed by atoms with Crippen LogP contribution in [0.25, 0.3) is 17.4 Å². The van der Waals surface area contributed by atoms with Crippen LogP contribution >= 0.6 is 0 Å². The average molecular weight is 497 g/mol. The van der Waals surface area contributed by atoms with Crippen LogP contribution in [0.1, 0.15) is 12.8 Å². The number of piperidine rings is 1. The molecule has 188 valence electrons. The summed E-state index contributed by atoms with van der Waals surface area (Å²) in [7, 11) is 0. The van der Waals surface area contributed by atoms with Crippen molar-refractivity contribution in [2.45, 2.75) is 12.8 Å². The minimum absolute atomic E-state index is 0.0160. The quantitative estimate of drug-likeness (QED) is 0.440. The number of anilines is 3. The van der Waals surface area contributed by atoms with E-state index >= 15 is 0 Å². The van der Waals surface area contributed by atoms with Crippen molar-refractivity contribution in [3.05, 3.63) is 42.4 Å². The predicted molar refractivity (Wildman–Crippen MR) is 128 cm³/mol. The van der Waals surface area contributed by atoms with Crippen LogP contribution in [-0.4, -0.2) is 80.3 Å². The van der Waals surface area contributed by atoms with Gasteiger partial charge in [-0.1, -0.05) is 0 Å². The van der Waals surface area contributed by atoms with Crippen molar-refractivity contribution in [2.75, 3.05) is 61.3 Å². The minimum Gasteiger partial charge on any atom is -0.461 e. The number of halogens is 2. The summed E-state index contributed by atoms with van der Waals surface area (Å²) in [6.45, 7) is 5.13. The molecule has 2 aliphatic rings. The third kappa shape index (κ3) is 4.30. The number of rotatable bonds is 5. The number of piperazine rings is 1. The van der Waals surface area contributed by atoms with Gasteiger partial charge in [0.2, 0.25) is 17.7 Å². The monoisotopic (exact) mass is 496 g/mol. The van der Waals surface area contributed by atoms with Gasteiger partial charge < -0.3 is 20.0 Å². The van der Waals surface area contributed by atoms with Crippen molar-refractivity contribution in [3.63, 3.8) is 0 Å². The molecular formula is C23H26F2N10O. The molecule has 0 aliphatic carbocycles. The second kappa shape index (κ2) is 9.30. The van der Waals surface area contributed by atoms with Crippen LogP contribution in [0.15, 0.2) is 35.2 Å². The second-order valence-electron chi connectivity index (χ2n) is 9.20. The largest absolute Gasteiger partial charge is 0.461 e. The Kier molecular flexibility index (Phi) is 5.83. The summed E-state index contributed by atoms with van der Waals surface area (Å²) in [4.78, 5) is 23.4. The molecule has 36 heavy (non-hydrogen) atoms. The molecule has 11 nitrogen and oxygen atoms in total. The average Bonchev–Trinajstić information content (AvgIpc) is 3.56. The Balaban J connectivity index is 1.11. The van der Waals surface area contributed by atoms with Crippen LogP contribution < -0.4 is 15.5 Å². The molecule has 0 aromatic carbocycles. The van der Waals surface area contributed by atoms with Crippen LogP contribution in [0.3, 0.4) is 0 Å². The number of hydrogen-bond acceptors (Lipinski definition) is 10. The van der Waals surface area contributed by atoms with Crippen LogP contribution in [0, 0.1) is 17.6 Å². The third-order valence-electron chi connectivity index (χ3n) is 6.80. The SMILES string of the molecule is Nc1nc(N2CCCC(CN3CCN(c4c(F)cncc4F)CC3)C2)nc2nc(-c3ccco3)nn12. The first-order valence-electron chi connectivity index (χ1n) is 12.0. The first kappa shape index (κ1) is 22.6. The van der Waals surface area contributed by atoms with E-state index in [4.69, 9.17) is 10.2 Å². The summed E-state index contributed by atoms with van der Waals surface area (Å²) in [6, 6.07) is 3.54. The molecule has 1 unspecified atom stereocenters. The topological polar surface area (TPSA) is 118 Å². The smallest absolute Gasteiger partial charge is 0.259 e. The van der Waals surface area contributed by atoms with Gasteiger partial charge in [-0.25, -0.2) is 8.78 Å². The normalized spacial score (nSPS) is 19.3. The van der Waals surface area contributed by atoms with Gasteiger partial charge in [0.1, 0.15) is 5.69 Å². The van der Waals surface area contributed by atoms with Crippen molar-refractivity contribution >= 4 is 23.4 Å². The van der Waals surface area contributed by atoms with Gasteiger partial charge in [0.15, 0.2) is 17.4 Å². The van der Waals surface area contributed by atoms with E-state index in [9.17, 15) is 8.78 Å². The number of nitrogens with zero attached hydrogens (tertiary/aromatic N) is 9. The summed E-state index contributed by atoms with van der Waals surface area (Å²) in [5.41, 5.74) is 6.19. The third-order valence-corrected chi connectivity index (χ3v) is 6.80. The Morgan fingerprint density at radius 3 is 2.56 bits per heavy atom. The Morgan fingerprint density at radius 2 is 1.81 bits per heavy atom. The van der Waals surface area contributed by atoms with E-state index in [1.54, 1.807) is 23.3 Å². The molecule has 2 aliphatic heterocycles. The highest BCUT2D eigenvalue weighted by Crippen LogP contribution is 2.26. The Labute approximate surface area is 205 Å². The maximum absolute atomic E-state index is 14.1. The van der Waals surface area contributed by atoms with E-state index in [1.807, 2.05) is 0 Å². The van der Waals surface area contributed by atoms with E-state index in [0.717, 1.165) is 58.0 Å². The van der Waals surface area contributed by atoms with Gasteiger partial charge in [0.05, 0.1) is 18.7 Å². The minimum atomic E-state index is -0.619. The lowest BCUT2D eigenvalue weighted by molar-refractivity contribution is 0.204. The van der Waals surface area contributed by atoms with Crippen LogP contribution in [0.4, 0.5) is 26.4 Å². The lowest BCUT2D eigenvalue weighted by Crippen LogP contribution is -2.50. The second-order valence-corrected chi connectivity index (χ2v) is 9.20. The van der Waals surface area contributed by atoms with Crippen molar-refractivity contribution in [1.82, 2.24) is 34.4 Å². The lowest BCUT2D eigenvalue weighted by Gasteiger charge is -2.40. The maximum atomic E-state index is 14.1. The Hall–Kier alpha value is -3.87. The molecule has 0 bridgehead atoms. The molecule has 1 atom stereocenters. The van der Waals surface area contributed by atoms with Crippen LogP contribution in [0.2, 0.25) is 0 Å². The fourth-order valence-electron chi connectivity index (χ4n) is 5.07. The Bertz CT molecular complexity index is 1330. The number of nitrogen functional groups attached to an aromatic ring is 1. The molecule has 2 N–H and O–H groups in total. The molecular weight excluding hydrogens is 470 g/mol. The summed E-state index contributed by atoms with van der Waals surface area (Å²) in [6.07, 6.45) is 5.78. The molecule has 6 heterocycles. The van der Waals surface area contributed by atoms with E-state index in [1.165, 1.54) is 4.52 Å². The predicted octanol–water partition coefficient (Wildman–Crippen LogP) is 2.07. The summed E-state index contributed by atoms with van der Waals surface area (Å²) >= 11 is 0. The molecule has 0 saturated carbocycles. The van der Waals surface area contributed by atoms with E-state index in [2.05, 4.69) is 34.8 Å². The highest BCUT2D eigenvalue weighted by atomic mass is 19.1. The number of hydrogen-bond donors (Lipinski definition) is 1. The van der Waals surface area contributed by atoms with E-state index < -0.39 is 11.6 Å². The summed E-state index contributed by atoms with van der Waals surface area (Å²) < 4.78 is 35.0. The van der Waals surface area contributed by atoms with Crippen molar-refractivity contribution in [1.29, 1.82) is 0 Å². The van der Waals surface area contributed by atoms with Gasteiger partial charge >= 0.3 is 0 Å². The first-order valence-corrected chi connectivity index (χ1v) is 12.0. The van der Waals surface area contributed by atoms with Crippen molar-refractivity contribution in [2.24, 2.45) is 5.92 Å². The zero-order valence-corrected chi connectivity index (χ0v) is 19.6. The maximum Gasteiger partial charge on any atom is 0.259 e. The number of nitrogens with two attached hydrogens (primary N) is 1.